The lowest BCUT2D eigenvalue weighted by atomic mass is 9.93. The summed E-state index contributed by atoms with van der Waals surface area (Å²) in [6.07, 6.45) is -2.00. The van der Waals surface area contributed by atoms with Crippen LogP contribution in [0.3, 0.4) is 0 Å². The monoisotopic (exact) mass is 435 g/mol. The van der Waals surface area contributed by atoms with Crippen molar-refractivity contribution in [3.8, 4) is 0 Å². The summed E-state index contributed by atoms with van der Waals surface area (Å²) in [5.74, 6) is -0.395. The molecule has 0 bridgehead atoms. The molecule has 3 aromatic rings. The molecule has 3 aromatic heterocycles. The second-order valence-electron chi connectivity index (χ2n) is 8.95. The highest BCUT2D eigenvalue weighted by Gasteiger charge is 2.37. The molecule has 1 amide bonds. The number of amides is 1. The summed E-state index contributed by atoms with van der Waals surface area (Å²) in [5.41, 5.74) is 1.22. The van der Waals surface area contributed by atoms with E-state index in [0.717, 1.165) is 15.8 Å². The third-order valence-electron chi connectivity index (χ3n) is 5.58. The Kier molecular flexibility index (Phi) is 5.06. The van der Waals surface area contributed by atoms with Gasteiger partial charge in [-0.15, -0.1) is 5.10 Å². The molecule has 1 aliphatic rings. The zero-order valence-electron chi connectivity index (χ0n) is 17.8. The van der Waals surface area contributed by atoms with E-state index in [-0.39, 0.29) is 23.0 Å². The number of carbonyl (C=O) groups excluding carboxylic acids is 1. The lowest BCUT2D eigenvalue weighted by molar-refractivity contribution is -0.144. The van der Waals surface area contributed by atoms with Gasteiger partial charge < -0.3 is 9.32 Å². The van der Waals surface area contributed by atoms with Crippen LogP contribution in [0, 0.1) is 6.92 Å². The van der Waals surface area contributed by atoms with Gasteiger partial charge in [-0.1, -0.05) is 20.8 Å². The zero-order valence-corrected chi connectivity index (χ0v) is 17.8. The summed E-state index contributed by atoms with van der Waals surface area (Å²) in [7, 11) is 0. The summed E-state index contributed by atoms with van der Waals surface area (Å²) in [6, 6.07) is 3.56. The molecule has 0 unspecified atom stereocenters. The number of carbonyl (C=O) groups is 1. The van der Waals surface area contributed by atoms with Gasteiger partial charge in [-0.25, -0.2) is 9.50 Å². The SMILES string of the molecule is Cc1cc(C(C)(C)C)oc1C(=O)N1CCC(c2ccnc3nc(C(F)(F)F)nn23)CC1. The van der Waals surface area contributed by atoms with E-state index in [1.165, 1.54) is 6.20 Å². The molecular weight excluding hydrogens is 411 g/mol. The number of piperidine rings is 1. The van der Waals surface area contributed by atoms with Crippen molar-refractivity contribution in [1.82, 2.24) is 24.5 Å². The predicted octanol–water partition coefficient (Wildman–Crippen LogP) is 4.36. The van der Waals surface area contributed by atoms with Crippen LogP contribution in [0.15, 0.2) is 22.7 Å². The van der Waals surface area contributed by atoms with Gasteiger partial charge in [0, 0.05) is 36.2 Å². The van der Waals surface area contributed by atoms with Crippen molar-refractivity contribution in [2.75, 3.05) is 13.1 Å². The highest BCUT2D eigenvalue weighted by molar-refractivity contribution is 5.93. The fourth-order valence-electron chi connectivity index (χ4n) is 3.83. The van der Waals surface area contributed by atoms with Gasteiger partial charge in [0.05, 0.1) is 5.69 Å². The third-order valence-corrected chi connectivity index (χ3v) is 5.58. The second-order valence-corrected chi connectivity index (χ2v) is 8.95. The summed E-state index contributed by atoms with van der Waals surface area (Å²) >= 11 is 0. The zero-order chi connectivity index (χ0) is 22.6. The molecular formula is C21H24F3N5O2. The molecule has 31 heavy (non-hydrogen) atoms. The molecule has 7 nitrogen and oxygen atoms in total. The summed E-state index contributed by atoms with van der Waals surface area (Å²) < 4.78 is 46.0. The van der Waals surface area contributed by atoms with Crippen LogP contribution in [0.25, 0.3) is 5.78 Å². The molecule has 0 aliphatic carbocycles. The van der Waals surface area contributed by atoms with Crippen molar-refractivity contribution in [2.45, 2.75) is 58.0 Å². The fourth-order valence-corrected chi connectivity index (χ4v) is 3.83. The number of nitrogens with zero attached hydrogens (tertiary/aromatic N) is 5. The minimum atomic E-state index is -4.63. The molecule has 1 saturated heterocycles. The second kappa shape index (κ2) is 7.35. The number of aryl methyl sites for hydroxylation is 1. The van der Waals surface area contributed by atoms with Crippen LogP contribution in [0.2, 0.25) is 0 Å². The average Bonchev–Trinajstić information content (AvgIpc) is 3.31. The topological polar surface area (TPSA) is 76.5 Å². The molecule has 4 rings (SSSR count). The summed E-state index contributed by atoms with van der Waals surface area (Å²) in [5, 5.41) is 3.62. The molecule has 0 spiro atoms. The Hall–Kier alpha value is -2.91. The number of aromatic nitrogens is 4. The van der Waals surface area contributed by atoms with Gasteiger partial charge in [-0.3, -0.25) is 4.79 Å². The quantitative estimate of drug-likeness (QED) is 0.598. The Labute approximate surface area is 177 Å². The molecule has 4 heterocycles. The smallest absolute Gasteiger partial charge is 0.453 e. The lowest BCUT2D eigenvalue weighted by Gasteiger charge is -2.31. The Morgan fingerprint density at radius 2 is 1.87 bits per heavy atom. The van der Waals surface area contributed by atoms with Gasteiger partial charge in [-0.2, -0.15) is 18.2 Å². The first kappa shape index (κ1) is 21.3. The van der Waals surface area contributed by atoms with Crippen molar-refractivity contribution in [3.05, 3.63) is 46.9 Å². The summed E-state index contributed by atoms with van der Waals surface area (Å²) in [4.78, 5) is 22.1. The van der Waals surface area contributed by atoms with E-state index in [4.69, 9.17) is 4.42 Å². The number of hydrogen-bond acceptors (Lipinski definition) is 5. The molecule has 0 saturated carbocycles. The van der Waals surface area contributed by atoms with Crippen molar-refractivity contribution < 1.29 is 22.4 Å². The van der Waals surface area contributed by atoms with E-state index in [0.29, 0.717) is 37.4 Å². The first-order chi connectivity index (χ1) is 14.4. The molecule has 0 aromatic carbocycles. The van der Waals surface area contributed by atoms with Crippen LogP contribution in [0.1, 0.15) is 72.9 Å². The van der Waals surface area contributed by atoms with E-state index in [9.17, 15) is 18.0 Å². The molecule has 0 N–H and O–H groups in total. The maximum absolute atomic E-state index is 13.0. The van der Waals surface area contributed by atoms with Crippen molar-refractivity contribution in [3.63, 3.8) is 0 Å². The van der Waals surface area contributed by atoms with E-state index >= 15 is 0 Å². The van der Waals surface area contributed by atoms with Crippen molar-refractivity contribution in [2.24, 2.45) is 0 Å². The number of fused-ring (bicyclic) bond motifs is 1. The van der Waals surface area contributed by atoms with E-state index < -0.39 is 12.0 Å². The van der Waals surface area contributed by atoms with Gasteiger partial charge in [0.1, 0.15) is 5.76 Å². The highest BCUT2D eigenvalue weighted by atomic mass is 19.4. The number of hydrogen-bond donors (Lipinski definition) is 0. The Morgan fingerprint density at radius 3 is 2.45 bits per heavy atom. The van der Waals surface area contributed by atoms with Crippen LogP contribution in [-0.4, -0.2) is 43.5 Å². The first-order valence-corrected chi connectivity index (χ1v) is 10.1. The first-order valence-electron chi connectivity index (χ1n) is 10.1. The van der Waals surface area contributed by atoms with Gasteiger partial charge in [0.2, 0.25) is 0 Å². The Morgan fingerprint density at radius 1 is 1.19 bits per heavy atom. The molecule has 10 heteroatoms. The van der Waals surface area contributed by atoms with Crippen LogP contribution < -0.4 is 0 Å². The molecule has 166 valence electrons. The normalized spacial score (nSPS) is 16.3. The minimum Gasteiger partial charge on any atom is -0.455 e. The average molecular weight is 435 g/mol. The van der Waals surface area contributed by atoms with Crippen molar-refractivity contribution in [1.29, 1.82) is 0 Å². The molecule has 0 radical (unpaired) electrons. The van der Waals surface area contributed by atoms with Gasteiger partial charge in [0.25, 0.3) is 17.5 Å². The van der Waals surface area contributed by atoms with Crippen LogP contribution in [0.4, 0.5) is 13.2 Å². The van der Waals surface area contributed by atoms with Crippen LogP contribution >= 0.6 is 0 Å². The number of alkyl halides is 3. The minimum absolute atomic E-state index is 0.0554. The fraction of sp³-hybridized carbons (Fsp3) is 0.524. The maximum Gasteiger partial charge on any atom is 0.453 e. The highest BCUT2D eigenvalue weighted by Crippen LogP contribution is 2.32. The van der Waals surface area contributed by atoms with Gasteiger partial charge in [-0.05, 0) is 31.9 Å². The maximum atomic E-state index is 13.0. The number of likely N-dealkylation sites (tertiary alicyclic amines) is 1. The van der Waals surface area contributed by atoms with Gasteiger partial charge in [0.15, 0.2) is 5.76 Å². The third kappa shape index (κ3) is 4.03. The molecule has 1 aliphatic heterocycles. The predicted molar refractivity (Wildman–Crippen MR) is 106 cm³/mol. The van der Waals surface area contributed by atoms with Crippen molar-refractivity contribution >= 4 is 11.7 Å². The van der Waals surface area contributed by atoms with E-state index in [1.54, 1.807) is 11.0 Å². The van der Waals surface area contributed by atoms with E-state index in [1.807, 2.05) is 33.8 Å². The lowest BCUT2D eigenvalue weighted by Crippen LogP contribution is -2.38. The number of furan rings is 1. The van der Waals surface area contributed by atoms with Crippen LogP contribution in [-0.2, 0) is 11.6 Å². The van der Waals surface area contributed by atoms with Gasteiger partial charge >= 0.3 is 6.18 Å². The largest absolute Gasteiger partial charge is 0.455 e. The molecule has 1 fully saturated rings. The van der Waals surface area contributed by atoms with Crippen LogP contribution in [0.5, 0.6) is 0 Å². The Balaban J connectivity index is 1.51. The summed E-state index contributed by atoms with van der Waals surface area (Å²) in [6.45, 7) is 8.87. The molecule has 0 atom stereocenters. The Bertz CT molecular complexity index is 1120. The van der Waals surface area contributed by atoms with E-state index in [2.05, 4.69) is 15.1 Å². The number of halogens is 3. The number of rotatable bonds is 2. The standard InChI is InChI=1S/C21H24F3N5O2/c1-12-11-15(20(2,3)4)31-16(12)17(30)28-9-6-13(7-10-28)14-5-8-25-19-26-18(21(22,23)24)27-29(14)19/h5,8,11,13H,6-7,9-10H2,1-4H3.